The molecule has 1 fully saturated rings. The first-order valence-corrected chi connectivity index (χ1v) is 6.19. The van der Waals surface area contributed by atoms with Crippen molar-refractivity contribution in [3.05, 3.63) is 0 Å². The molecule has 1 aliphatic rings. The summed E-state index contributed by atoms with van der Waals surface area (Å²) in [5.41, 5.74) is 0. The molecule has 0 saturated heterocycles. The second-order valence-electron chi connectivity index (χ2n) is 4.21. The Bertz CT molecular complexity index is 197. The predicted molar refractivity (Wildman–Crippen MR) is 61.7 cm³/mol. The maximum atomic E-state index is 11.1. The van der Waals surface area contributed by atoms with Gasteiger partial charge in [0.1, 0.15) is 0 Å². The van der Waals surface area contributed by atoms with E-state index < -0.39 is 0 Å². The summed E-state index contributed by atoms with van der Waals surface area (Å²) < 4.78 is 0. The fourth-order valence-corrected chi connectivity index (χ4v) is 2.13. The zero-order chi connectivity index (χ0) is 10.6. The summed E-state index contributed by atoms with van der Waals surface area (Å²) >= 11 is 3.56. The fraction of sp³-hybridized carbons (Fsp3) is 0.900. The van der Waals surface area contributed by atoms with Gasteiger partial charge in [-0.2, -0.15) is 0 Å². The molecule has 1 aliphatic carbocycles. The zero-order valence-electron chi connectivity index (χ0n) is 8.85. The number of carbonyl (C=O) groups is 1. The molecular formula is C10H19BrN2O. The van der Waals surface area contributed by atoms with E-state index in [2.05, 4.69) is 26.6 Å². The number of carbonyl (C=O) groups excluding carboxylic acids is 1. The number of urea groups is 1. The van der Waals surface area contributed by atoms with Gasteiger partial charge in [-0.1, -0.05) is 15.9 Å². The van der Waals surface area contributed by atoms with Crippen LogP contribution < -0.4 is 10.6 Å². The molecule has 1 saturated carbocycles. The molecule has 2 unspecified atom stereocenters. The van der Waals surface area contributed by atoms with Crippen molar-refractivity contribution >= 4 is 22.0 Å². The lowest BCUT2D eigenvalue weighted by Gasteiger charge is -2.09. The average Bonchev–Trinajstić information content (AvgIpc) is 2.75. The van der Waals surface area contributed by atoms with Crippen LogP contribution in [0.25, 0.3) is 0 Å². The van der Waals surface area contributed by atoms with Crippen LogP contribution in [0.4, 0.5) is 4.79 Å². The van der Waals surface area contributed by atoms with Crippen LogP contribution in [0.2, 0.25) is 0 Å². The average molecular weight is 263 g/mol. The quantitative estimate of drug-likeness (QED) is 0.579. The van der Waals surface area contributed by atoms with E-state index in [0.29, 0.717) is 0 Å². The number of hydrogen-bond acceptors (Lipinski definition) is 1. The highest BCUT2D eigenvalue weighted by molar-refractivity contribution is 9.09. The van der Waals surface area contributed by atoms with Crippen molar-refractivity contribution in [2.75, 3.05) is 6.54 Å². The molecule has 2 N–H and O–H groups in total. The van der Waals surface area contributed by atoms with E-state index in [-0.39, 0.29) is 12.1 Å². The molecule has 0 aromatic heterocycles. The third kappa shape index (κ3) is 4.84. The number of hydrogen-bond donors (Lipinski definition) is 2. The molecule has 1 rings (SSSR count). The molecule has 0 aromatic rings. The number of amides is 2. The Balaban J connectivity index is 1.90. The van der Waals surface area contributed by atoms with Gasteiger partial charge in [0.15, 0.2) is 0 Å². The van der Waals surface area contributed by atoms with Gasteiger partial charge in [0.25, 0.3) is 0 Å². The molecule has 0 aromatic carbocycles. The van der Waals surface area contributed by atoms with Crippen molar-refractivity contribution in [3.63, 3.8) is 0 Å². The van der Waals surface area contributed by atoms with Crippen LogP contribution in [-0.4, -0.2) is 23.4 Å². The Kier molecular flexibility index (Phi) is 4.72. The lowest BCUT2D eigenvalue weighted by molar-refractivity contribution is 0.238. The highest BCUT2D eigenvalue weighted by Crippen LogP contribution is 2.40. The fourth-order valence-electron chi connectivity index (χ4n) is 1.39. The Hall–Kier alpha value is -0.250. The van der Waals surface area contributed by atoms with Crippen molar-refractivity contribution in [3.8, 4) is 0 Å². The molecule has 0 bridgehead atoms. The van der Waals surface area contributed by atoms with Gasteiger partial charge in [-0.3, -0.25) is 0 Å². The van der Waals surface area contributed by atoms with Gasteiger partial charge in [0, 0.05) is 17.4 Å². The first kappa shape index (κ1) is 11.8. The summed E-state index contributed by atoms with van der Waals surface area (Å²) in [6, 6.07) is 0.163. The van der Waals surface area contributed by atoms with E-state index in [9.17, 15) is 4.79 Å². The molecule has 3 nitrogen and oxygen atoms in total. The van der Waals surface area contributed by atoms with Crippen LogP contribution in [0.5, 0.6) is 0 Å². The predicted octanol–water partition coefficient (Wildman–Crippen LogP) is 2.26. The Labute approximate surface area is 94.1 Å². The second kappa shape index (κ2) is 5.59. The monoisotopic (exact) mass is 262 g/mol. The number of nitrogens with one attached hydrogen (secondary N) is 2. The minimum Gasteiger partial charge on any atom is -0.338 e. The molecule has 2 atom stereocenters. The molecule has 2 amide bonds. The summed E-state index contributed by atoms with van der Waals surface area (Å²) in [6.45, 7) is 4.70. The largest absolute Gasteiger partial charge is 0.338 e. The summed E-state index contributed by atoms with van der Waals surface area (Å²) in [7, 11) is 0. The molecule has 0 aliphatic heterocycles. The van der Waals surface area contributed by atoms with Gasteiger partial charge < -0.3 is 10.6 Å². The molecular weight excluding hydrogens is 244 g/mol. The second-order valence-corrected chi connectivity index (χ2v) is 5.39. The topological polar surface area (TPSA) is 41.1 Å². The van der Waals surface area contributed by atoms with Gasteiger partial charge >= 0.3 is 6.03 Å². The number of rotatable bonds is 5. The first-order valence-electron chi connectivity index (χ1n) is 5.28. The zero-order valence-corrected chi connectivity index (χ0v) is 10.4. The summed E-state index contributed by atoms with van der Waals surface area (Å²) in [6.07, 6.45) is 3.61. The number of alkyl halides is 1. The molecule has 0 radical (unpaired) electrons. The third-order valence-corrected chi connectivity index (χ3v) is 3.41. The molecule has 4 heteroatoms. The Morgan fingerprint density at radius 1 is 1.57 bits per heavy atom. The van der Waals surface area contributed by atoms with E-state index in [4.69, 9.17) is 0 Å². The van der Waals surface area contributed by atoms with E-state index in [0.717, 1.165) is 23.7 Å². The van der Waals surface area contributed by atoms with Gasteiger partial charge in [0.05, 0.1) is 0 Å². The normalized spacial score (nSPS) is 24.9. The van der Waals surface area contributed by atoms with E-state index in [1.807, 2.05) is 13.8 Å². The highest BCUT2D eigenvalue weighted by atomic mass is 79.9. The van der Waals surface area contributed by atoms with Crippen molar-refractivity contribution < 1.29 is 4.79 Å². The minimum absolute atomic E-state index is 0.0498. The molecule has 0 heterocycles. The van der Waals surface area contributed by atoms with Crippen LogP contribution in [0.1, 0.15) is 33.1 Å². The van der Waals surface area contributed by atoms with Crippen LogP contribution in [0.3, 0.4) is 0 Å². The van der Waals surface area contributed by atoms with E-state index in [1.54, 1.807) is 0 Å². The van der Waals surface area contributed by atoms with E-state index in [1.165, 1.54) is 12.8 Å². The summed E-state index contributed by atoms with van der Waals surface area (Å²) in [5.74, 6) is 0.852. The maximum Gasteiger partial charge on any atom is 0.314 e. The highest BCUT2D eigenvalue weighted by Gasteiger charge is 2.33. The van der Waals surface area contributed by atoms with Gasteiger partial charge in [0.2, 0.25) is 0 Å². The van der Waals surface area contributed by atoms with Crippen molar-refractivity contribution in [1.29, 1.82) is 0 Å². The summed E-state index contributed by atoms with van der Waals surface area (Å²) in [4.78, 5) is 11.9. The van der Waals surface area contributed by atoms with Crippen LogP contribution in [-0.2, 0) is 0 Å². The Morgan fingerprint density at radius 2 is 2.21 bits per heavy atom. The van der Waals surface area contributed by atoms with Gasteiger partial charge in [-0.15, -0.1) is 0 Å². The lowest BCUT2D eigenvalue weighted by atomic mass is 10.2. The third-order valence-electron chi connectivity index (χ3n) is 2.29. The minimum atomic E-state index is -0.0498. The maximum absolute atomic E-state index is 11.1. The standard InChI is InChI=1S/C10H19BrN2O/c1-7(2)13-10(14)12-5-3-4-8-6-9(8)11/h7-9H,3-6H2,1-2H3,(H2,12,13,14). The molecule has 0 spiro atoms. The lowest BCUT2D eigenvalue weighted by Crippen LogP contribution is -2.39. The number of halogens is 1. The van der Waals surface area contributed by atoms with Crippen molar-refractivity contribution in [2.24, 2.45) is 5.92 Å². The SMILES string of the molecule is CC(C)NC(=O)NCCCC1CC1Br. The van der Waals surface area contributed by atoms with Crippen molar-refractivity contribution in [2.45, 2.75) is 44.0 Å². The van der Waals surface area contributed by atoms with E-state index >= 15 is 0 Å². The Morgan fingerprint density at radius 3 is 2.71 bits per heavy atom. The van der Waals surface area contributed by atoms with Crippen LogP contribution in [0, 0.1) is 5.92 Å². The van der Waals surface area contributed by atoms with Crippen LogP contribution >= 0.6 is 15.9 Å². The van der Waals surface area contributed by atoms with Gasteiger partial charge in [-0.05, 0) is 39.0 Å². The molecule has 14 heavy (non-hydrogen) atoms. The smallest absolute Gasteiger partial charge is 0.314 e. The summed E-state index contributed by atoms with van der Waals surface area (Å²) in [5, 5.41) is 5.64. The van der Waals surface area contributed by atoms with Crippen LogP contribution in [0.15, 0.2) is 0 Å². The first-order chi connectivity index (χ1) is 6.59. The molecule has 82 valence electrons. The van der Waals surface area contributed by atoms with Gasteiger partial charge in [-0.25, -0.2) is 4.79 Å². The van der Waals surface area contributed by atoms with Crippen molar-refractivity contribution in [1.82, 2.24) is 10.6 Å².